The minimum absolute atomic E-state index is 0.0779. The predicted octanol–water partition coefficient (Wildman–Crippen LogP) is 2.34. The molecule has 2 heterocycles. The molecule has 0 atom stereocenters. The molecule has 0 aliphatic heterocycles. The molecule has 0 aliphatic carbocycles. The molecule has 2 aromatic heterocycles. The van der Waals surface area contributed by atoms with Gasteiger partial charge in [0, 0.05) is 0 Å². The zero-order valence-electron chi connectivity index (χ0n) is 6.74. The number of aromatic nitrogens is 2. The number of aromatic carboxylic acids is 1. The summed E-state index contributed by atoms with van der Waals surface area (Å²) in [7, 11) is 0. The maximum absolute atomic E-state index is 10.6. The van der Waals surface area contributed by atoms with Crippen LogP contribution in [0.1, 0.15) is 10.4 Å². The Bertz CT molecular complexity index is 521. The Morgan fingerprint density at radius 1 is 1.43 bits per heavy atom. The van der Waals surface area contributed by atoms with Crippen LogP contribution in [0.3, 0.4) is 0 Å². The molecule has 6 heteroatoms. The number of rotatable bonds is 1. The molecule has 0 spiro atoms. The molecule has 72 valence electrons. The topological polar surface area (TPSA) is 54.6 Å². The van der Waals surface area contributed by atoms with E-state index in [0.29, 0.717) is 15.7 Å². The van der Waals surface area contributed by atoms with Gasteiger partial charge in [-0.3, -0.25) is 0 Å². The van der Waals surface area contributed by atoms with E-state index in [1.807, 2.05) is 0 Å². The second kappa shape index (κ2) is 3.15. The van der Waals surface area contributed by atoms with Crippen LogP contribution in [0.5, 0.6) is 0 Å². The van der Waals surface area contributed by atoms with Crippen molar-refractivity contribution in [1.82, 2.24) is 9.61 Å². The fourth-order valence-electron chi connectivity index (χ4n) is 1.12. The van der Waals surface area contributed by atoms with Crippen LogP contribution >= 0.6 is 23.2 Å². The van der Waals surface area contributed by atoms with Crippen molar-refractivity contribution in [3.8, 4) is 0 Å². The summed E-state index contributed by atoms with van der Waals surface area (Å²) in [5.74, 6) is -1.05. The fraction of sp³-hybridized carbons (Fsp3) is 0. The van der Waals surface area contributed by atoms with Crippen LogP contribution in [0.2, 0.25) is 10.2 Å². The average Bonchev–Trinajstić information content (AvgIpc) is 2.42. The van der Waals surface area contributed by atoms with E-state index in [2.05, 4.69) is 5.10 Å². The van der Waals surface area contributed by atoms with Crippen LogP contribution < -0.4 is 0 Å². The predicted molar refractivity (Wildman–Crippen MR) is 52.2 cm³/mol. The van der Waals surface area contributed by atoms with Crippen molar-refractivity contribution in [2.45, 2.75) is 0 Å². The Morgan fingerprint density at radius 3 is 2.79 bits per heavy atom. The number of hydrogen-bond donors (Lipinski definition) is 1. The van der Waals surface area contributed by atoms with Crippen molar-refractivity contribution < 1.29 is 9.90 Å². The molecule has 2 rings (SSSR count). The first-order valence-corrected chi connectivity index (χ1v) is 4.41. The van der Waals surface area contributed by atoms with Crippen molar-refractivity contribution in [3.63, 3.8) is 0 Å². The van der Waals surface area contributed by atoms with E-state index in [-0.39, 0.29) is 5.56 Å². The maximum atomic E-state index is 10.6. The van der Waals surface area contributed by atoms with E-state index in [0.717, 1.165) is 0 Å². The third-order valence-electron chi connectivity index (χ3n) is 1.77. The molecule has 1 N–H and O–H groups in total. The van der Waals surface area contributed by atoms with Gasteiger partial charge >= 0.3 is 5.97 Å². The summed E-state index contributed by atoms with van der Waals surface area (Å²) >= 11 is 11.6. The minimum Gasteiger partial charge on any atom is -0.478 e. The van der Waals surface area contributed by atoms with Crippen molar-refractivity contribution in [2.24, 2.45) is 0 Å². The van der Waals surface area contributed by atoms with E-state index in [4.69, 9.17) is 28.3 Å². The Kier molecular flexibility index (Phi) is 2.09. The summed E-state index contributed by atoms with van der Waals surface area (Å²) < 4.78 is 1.37. The van der Waals surface area contributed by atoms with Gasteiger partial charge in [-0.1, -0.05) is 23.2 Å². The van der Waals surface area contributed by atoms with Gasteiger partial charge in [0.25, 0.3) is 0 Å². The van der Waals surface area contributed by atoms with E-state index in [9.17, 15) is 4.79 Å². The van der Waals surface area contributed by atoms with Crippen molar-refractivity contribution in [2.75, 3.05) is 0 Å². The quantitative estimate of drug-likeness (QED) is 0.819. The second-order valence-corrected chi connectivity index (χ2v) is 3.46. The highest BCUT2D eigenvalue weighted by molar-refractivity contribution is 6.37. The number of nitrogens with zero attached hydrogens (tertiary/aromatic N) is 2. The largest absolute Gasteiger partial charge is 0.478 e. The zero-order valence-corrected chi connectivity index (χ0v) is 8.25. The molecular weight excluding hydrogens is 227 g/mol. The molecule has 0 fully saturated rings. The summed E-state index contributed by atoms with van der Waals surface area (Å²) in [6.45, 7) is 0. The van der Waals surface area contributed by atoms with Gasteiger partial charge in [0.1, 0.15) is 5.15 Å². The van der Waals surface area contributed by atoms with Gasteiger partial charge in [-0.2, -0.15) is 5.10 Å². The van der Waals surface area contributed by atoms with Crippen molar-refractivity contribution in [1.29, 1.82) is 0 Å². The van der Waals surface area contributed by atoms with Gasteiger partial charge in [0.15, 0.2) is 0 Å². The molecule has 0 saturated carbocycles. The maximum Gasteiger partial charge on any atom is 0.337 e. The highest BCUT2D eigenvalue weighted by atomic mass is 35.5. The van der Waals surface area contributed by atoms with E-state index in [1.54, 1.807) is 0 Å². The van der Waals surface area contributed by atoms with Gasteiger partial charge in [0.05, 0.1) is 22.3 Å². The summed E-state index contributed by atoms with van der Waals surface area (Å²) in [6, 6.07) is 2.93. The van der Waals surface area contributed by atoms with E-state index < -0.39 is 5.97 Å². The lowest BCUT2D eigenvalue weighted by atomic mass is 10.3. The first kappa shape index (κ1) is 9.30. The molecule has 0 amide bonds. The van der Waals surface area contributed by atoms with Crippen LogP contribution in [0.4, 0.5) is 0 Å². The Hall–Kier alpha value is -1.26. The second-order valence-electron chi connectivity index (χ2n) is 2.66. The molecule has 2 aromatic rings. The molecular formula is C8H4Cl2N2O2. The van der Waals surface area contributed by atoms with Crippen LogP contribution in [-0.2, 0) is 0 Å². The third kappa shape index (κ3) is 1.32. The Morgan fingerprint density at radius 2 is 2.14 bits per heavy atom. The minimum atomic E-state index is -1.05. The van der Waals surface area contributed by atoms with Crippen LogP contribution in [0.15, 0.2) is 18.3 Å². The highest BCUT2D eigenvalue weighted by Gasteiger charge is 2.10. The fourth-order valence-corrected chi connectivity index (χ4v) is 1.66. The smallest absolute Gasteiger partial charge is 0.337 e. The molecule has 0 bridgehead atoms. The molecule has 0 aliphatic rings. The zero-order chi connectivity index (χ0) is 10.3. The monoisotopic (exact) mass is 230 g/mol. The Labute approximate surface area is 88.7 Å². The molecule has 14 heavy (non-hydrogen) atoms. The average molecular weight is 231 g/mol. The van der Waals surface area contributed by atoms with Crippen LogP contribution in [0.25, 0.3) is 5.52 Å². The van der Waals surface area contributed by atoms with Gasteiger partial charge < -0.3 is 5.11 Å². The Balaban J connectivity index is 2.77. The first-order valence-electron chi connectivity index (χ1n) is 3.65. The molecule has 0 unspecified atom stereocenters. The number of carboxylic acids is 1. The summed E-state index contributed by atoms with van der Waals surface area (Å²) in [5.41, 5.74) is 0.561. The summed E-state index contributed by atoms with van der Waals surface area (Å²) in [4.78, 5) is 10.6. The lowest BCUT2D eigenvalue weighted by molar-refractivity contribution is 0.0696. The summed E-state index contributed by atoms with van der Waals surface area (Å²) in [5, 5.41) is 13.3. The first-order chi connectivity index (χ1) is 6.59. The highest BCUT2D eigenvalue weighted by Crippen LogP contribution is 2.24. The van der Waals surface area contributed by atoms with Crippen LogP contribution in [0, 0.1) is 0 Å². The number of halogens is 2. The lowest BCUT2D eigenvalue weighted by Gasteiger charge is -1.97. The van der Waals surface area contributed by atoms with Gasteiger partial charge in [0.2, 0.25) is 0 Å². The molecule has 4 nitrogen and oxygen atoms in total. The van der Waals surface area contributed by atoms with Crippen molar-refractivity contribution in [3.05, 3.63) is 34.1 Å². The number of carbonyl (C=O) groups is 1. The molecule has 0 aromatic carbocycles. The number of carboxylic acid groups (broad SMARTS) is 1. The third-order valence-corrected chi connectivity index (χ3v) is 2.34. The van der Waals surface area contributed by atoms with Gasteiger partial charge in [-0.15, -0.1) is 0 Å². The molecule has 0 radical (unpaired) electrons. The molecule has 0 saturated heterocycles. The van der Waals surface area contributed by atoms with E-state index in [1.165, 1.54) is 22.8 Å². The number of fused-ring (bicyclic) bond motifs is 1. The summed E-state index contributed by atoms with van der Waals surface area (Å²) in [6.07, 6.45) is 1.22. The SMILES string of the molecule is O=C(O)c1cnn2c(Cl)cc(Cl)c2c1. The lowest BCUT2D eigenvalue weighted by Crippen LogP contribution is -2.00. The normalized spacial score (nSPS) is 10.7. The number of hydrogen-bond acceptors (Lipinski definition) is 2. The van der Waals surface area contributed by atoms with E-state index >= 15 is 0 Å². The van der Waals surface area contributed by atoms with Crippen LogP contribution in [-0.4, -0.2) is 20.7 Å². The van der Waals surface area contributed by atoms with Gasteiger partial charge in [-0.25, -0.2) is 9.31 Å². The van der Waals surface area contributed by atoms with Gasteiger partial charge in [-0.05, 0) is 12.1 Å². The standard InChI is InChI=1S/C8H4Cl2N2O2/c9-5-2-7(10)12-6(5)1-4(3-11-12)8(13)14/h1-3H,(H,13,14). The van der Waals surface area contributed by atoms with Crippen molar-refractivity contribution >= 4 is 34.7 Å².